The molecule has 27 heavy (non-hydrogen) atoms. The highest BCUT2D eigenvalue weighted by Crippen LogP contribution is 2.28. The SMILES string of the molecule is COc1ccc(NC(=O)Cn2nnc(-c3cccc(Cl)c3)n2)c([N+](=O)[O-])c1. The molecule has 0 atom stereocenters. The molecule has 0 bridgehead atoms. The van der Waals surface area contributed by atoms with Crippen LogP contribution in [0.5, 0.6) is 5.75 Å². The van der Waals surface area contributed by atoms with Gasteiger partial charge < -0.3 is 10.1 Å². The van der Waals surface area contributed by atoms with Crippen molar-refractivity contribution in [3.63, 3.8) is 0 Å². The summed E-state index contributed by atoms with van der Waals surface area (Å²) >= 11 is 5.93. The molecule has 1 heterocycles. The lowest BCUT2D eigenvalue weighted by Gasteiger charge is -2.07. The van der Waals surface area contributed by atoms with E-state index in [0.29, 0.717) is 22.2 Å². The number of anilines is 1. The average Bonchev–Trinajstić information content (AvgIpc) is 3.10. The van der Waals surface area contributed by atoms with E-state index >= 15 is 0 Å². The number of nitrogens with zero attached hydrogens (tertiary/aromatic N) is 5. The van der Waals surface area contributed by atoms with Gasteiger partial charge in [-0.05, 0) is 29.5 Å². The number of benzene rings is 2. The Morgan fingerprint density at radius 1 is 1.33 bits per heavy atom. The van der Waals surface area contributed by atoms with Crippen LogP contribution >= 0.6 is 11.6 Å². The highest BCUT2D eigenvalue weighted by atomic mass is 35.5. The molecule has 0 radical (unpaired) electrons. The van der Waals surface area contributed by atoms with E-state index in [1.54, 1.807) is 24.3 Å². The van der Waals surface area contributed by atoms with Gasteiger partial charge in [-0.2, -0.15) is 4.80 Å². The minimum atomic E-state index is -0.608. The summed E-state index contributed by atoms with van der Waals surface area (Å²) in [6, 6.07) is 11.0. The summed E-state index contributed by atoms with van der Waals surface area (Å²) in [7, 11) is 1.39. The summed E-state index contributed by atoms with van der Waals surface area (Å²) in [6.07, 6.45) is 0. The Bertz CT molecular complexity index is 1010. The zero-order valence-electron chi connectivity index (χ0n) is 14.0. The van der Waals surface area contributed by atoms with Crippen molar-refractivity contribution < 1.29 is 14.5 Å². The fourth-order valence-corrected chi connectivity index (χ4v) is 2.46. The van der Waals surface area contributed by atoms with Crippen molar-refractivity contribution >= 4 is 28.9 Å². The minimum Gasteiger partial charge on any atom is -0.496 e. The number of nitro benzene ring substituents is 1. The van der Waals surface area contributed by atoms with Crippen molar-refractivity contribution in [2.45, 2.75) is 6.54 Å². The summed E-state index contributed by atoms with van der Waals surface area (Å²) in [5.41, 5.74) is 0.412. The van der Waals surface area contributed by atoms with Crippen molar-refractivity contribution in [3.05, 3.63) is 57.6 Å². The maximum absolute atomic E-state index is 12.2. The molecule has 138 valence electrons. The summed E-state index contributed by atoms with van der Waals surface area (Å²) in [6.45, 7) is -0.267. The van der Waals surface area contributed by atoms with Crippen LogP contribution in [0.4, 0.5) is 11.4 Å². The van der Waals surface area contributed by atoms with Crippen molar-refractivity contribution in [2.24, 2.45) is 0 Å². The van der Waals surface area contributed by atoms with E-state index in [4.69, 9.17) is 16.3 Å². The number of nitro groups is 1. The van der Waals surface area contributed by atoms with E-state index in [1.165, 1.54) is 25.3 Å². The van der Waals surface area contributed by atoms with Gasteiger partial charge in [0.15, 0.2) is 0 Å². The standard InChI is InChI=1S/C16H13ClN6O4/c1-27-12-5-6-13(14(8-12)23(25)26)18-15(24)9-22-20-16(19-21-22)10-3-2-4-11(17)7-10/h2-8H,9H2,1H3,(H,18,24). The van der Waals surface area contributed by atoms with Crippen LogP contribution < -0.4 is 10.1 Å². The molecule has 0 aliphatic rings. The molecule has 0 spiro atoms. The van der Waals surface area contributed by atoms with Crippen molar-refractivity contribution in [1.82, 2.24) is 20.2 Å². The van der Waals surface area contributed by atoms with Crippen LogP contribution in [0.1, 0.15) is 0 Å². The predicted molar refractivity (Wildman–Crippen MR) is 96.5 cm³/mol. The molecule has 2 aromatic carbocycles. The quantitative estimate of drug-likeness (QED) is 0.508. The Balaban J connectivity index is 1.73. The number of nitrogens with one attached hydrogen (secondary N) is 1. The molecule has 11 heteroatoms. The lowest BCUT2D eigenvalue weighted by molar-refractivity contribution is -0.384. The second-order valence-corrected chi connectivity index (χ2v) is 5.78. The van der Waals surface area contributed by atoms with Gasteiger partial charge in [-0.15, -0.1) is 10.2 Å². The van der Waals surface area contributed by atoms with Crippen LogP contribution in [-0.2, 0) is 11.3 Å². The highest BCUT2D eigenvalue weighted by Gasteiger charge is 2.18. The summed E-state index contributed by atoms with van der Waals surface area (Å²) < 4.78 is 4.95. The summed E-state index contributed by atoms with van der Waals surface area (Å²) in [5, 5.41) is 25.9. The van der Waals surface area contributed by atoms with Crippen LogP contribution in [-0.4, -0.2) is 38.1 Å². The van der Waals surface area contributed by atoms with Crippen LogP contribution in [0.15, 0.2) is 42.5 Å². The largest absolute Gasteiger partial charge is 0.496 e. The first-order valence-corrected chi connectivity index (χ1v) is 8.00. The molecular formula is C16H13ClN6O4. The third-order valence-electron chi connectivity index (χ3n) is 3.50. The topological polar surface area (TPSA) is 125 Å². The molecule has 1 amide bonds. The van der Waals surface area contributed by atoms with Crippen LogP contribution in [0.2, 0.25) is 5.02 Å². The monoisotopic (exact) mass is 388 g/mol. The van der Waals surface area contributed by atoms with Gasteiger partial charge in [-0.1, -0.05) is 23.7 Å². The second kappa shape index (κ2) is 7.79. The van der Waals surface area contributed by atoms with Crippen LogP contribution in [0.3, 0.4) is 0 Å². The molecule has 1 N–H and O–H groups in total. The van der Waals surface area contributed by atoms with Crippen LogP contribution in [0, 0.1) is 10.1 Å². The molecule has 1 aromatic heterocycles. The number of halogens is 1. The molecule has 10 nitrogen and oxygen atoms in total. The van der Waals surface area contributed by atoms with E-state index in [0.717, 1.165) is 4.80 Å². The number of ether oxygens (including phenoxy) is 1. The smallest absolute Gasteiger partial charge is 0.296 e. The van der Waals surface area contributed by atoms with Crippen molar-refractivity contribution in [2.75, 3.05) is 12.4 Å². The second-order valence-electron chi connectivity index (χ2n) is 5.34. The Morgan fingerprint density at radius 3 is 2.85 bits per heavy atom. The number of methoxy groups -OCH3 is 1. The minimum absolute atomic E-state index is 0.0426. The first kappa shape index (κ1) is 18.3. The number of rotatable bonds is 6. The lowest BCUT2D eigenvalue weighted by Crippen LogP contribution is -2.21. The summed E-state index contributed by atoms with van der Waals surface area (Å²) in [4.78, 5) is 23.8. The first-order chi connectivity index (χ1) is 13.0. The maximum Gasteiger partial charge on any atom is 0.296 e. The number of aromatic nitrogens is 4. The van der Waals surface area contributed by atoms with Gasteiger partial charge in [-0.3, -0.25) is 14.9 Å². The number of carbonyl (C=O) groups is 1. The van der Waals surface area contributed by atoms with Gasteiger partial charge >= 0.3 is 0 Å². The van der Waals surface area contributed by atoms with Crippen molar-refractivity contribution in [1.29, 1.82) is 0 Å². The number of hydrogen-bond acceptors (Lipinski definition) is 7. The third-order valence-corrected chi connectivity index (χ3v) is 3.73. The molecule has 3 rings (SSSR count). The maximum atomic E-state index is 12.2. The number of tetrazole rings is 1. The lowest BCUT2D eigenvalue weighted by atomic mass is 10.2. The molecule has 3 aromatic rings. The molecule has 0 fully saturated rings. The van der Waals surface area contributed by atoms with E-state index in [1.807, 2.05) is 0 Å². The van der Waals surface area contributed by atoms with E-state index in [-0.39, 0.29) is 17.9 Å². The molecular weight excluding hydrogens is 376 g/mol. The van der Waals surface area contributed by atoms with E-state index < -0.39 is 10.8 Å². The molecule has 0 saturated carbocycles. The van der Waals surface area contributed by atoms with Gasteiger partial charge in [-0.25, -0.2) is 0 Å². The number of hydrogen-bond donors (Lipinski definition) is 1. The normalized spacial score (nSPS) is 10.4. The van der Waals surface area contributed by atoms with Gasteiger partial charge in [0, 0.05) is 10.6 Å². The first-order valence-electron chi connectivity index (χ1n) is 7.62. The van der Waals surface area contributed by atoms with E-state index in [2.05, 4.69) is 20.7 Å². The van der Waals surface area contributed by atoms with Gasteiger partial charge in [0.25, 0.3) is 5.69 Å². The third kappa shape index (κ3) is 4.36. The fraction of sp³-hybridized carbons (Fsp3) is 0.125. The molecule has 0 unspecified atom stereocenters. The Morgan fingerprint density at radius 2 is 2.15 bits per heavy atom. The Labute approximate surface area is 157 Å². The Kier molecular flexibility index (Phi) is 5.27. The number of carbonyl (C=O) groups excluding carboxylic acids is 1. The number of amides is 1. The van der Waals surface area contributed by atoms with Gasteiger partial charge in [0.05, 0.1) is 18.1 Å². The van der Waals surface area contributed by atoms with Gasteiger partial charge in [0.2, 0.25) is 11.7 Å². The fourth-order valence-electron chi connectivity index (χ4n) is 2.27. The van der Waals surface area contributed by atoms with Gasteiger partial charge in [0.1, 0.15) is 18.0 Å². The van der Waals surface area contributed by atoms with E-state index in [9.17, 15) is 14.9 Å². The van der Waals surface area contributed by atoms with Crippen molar-refractivity contribution in [3.8, 4) is 17.1 Å². The highest BCUT2D eigenvalue weighted by molar-refractivity contribution is 6.30. The molecule has 0 aliphatic carbocycles. The predicted octanol–water partition coefficient (Wildman–Crippen LogP) is 2.55. The summed E-state index contributed by atoms with van der Waals surface area (Å²) in [5.74, 6) is 0.0721. The Hall–Kier alpha value is -3.53. The average molecular weight is 389 g/mol. The zero-order valence-corrected chi connectivity index (χ0v) is 14.8. The molecule has 0 saturated heterocycles. The molecule has 0 aliphatic heterocycles. The zero-order chi connectivity index (χ0) is 19.4. The van der Waals surface area contributed by atoms with Crippen LogP contribution in [0.25, 0.3) is 11.4 Å².